The van der Waals surface area contributed by atoms with Gasteiger partial charge in [0.25, 0.3) is 5.91 Å². The van der Waals surface area contributed by atoms with Gasteiger partial charge in [-0.25, -0.2) is 0 Å². The smallest absolute Gasteiger partial charge is 0.261 e. The first-order valence-electron chi connectivity index (χ1n) is 7.09. The number of carbonyl (C=O) groups is 2. The monoisotopic (exact) mass is 333 g/mol. The molecule has 0 fully saturated rings. The molecule has 0 bridgehead atoms. The molecule has 0 saturated heterocycles. The minimum absolute atomic E-state index is 0.0448. The lowest BCUT2D eigenvalue weighted by Gasteiger charge is -2.18. The topological polar surface area (TPSA) is 64.6 Å². The number of thiophene rings is 1. The van der Waals surface area contributed by atoms with Crippen molar-refractivity contribution < 1.29 is 19.1 Å². The van der Waals surface area contributed by atoms with Gasteiger partial charge in [-0.05, 0) is 44.2 Å². The van der Waals surface area contributed by atoms with Gasteiger partial charge < -0.3 is 14.8 Å². The Labute approximate surface area is 139 Å². The predicted molar refractivity (Wildman–Crippen MR) is 89.8 cm³/mol. The third-order valence-electron chi connectivity index (χ3n) is 3.43. The zero-order valence-electron chi connectivity index (χ0n) is 13.5. The molecular formula is C17H19NO4S. The fourth-order valence-corrected chi connectivity index (χ4v) is 2.98. The van der Waals surface area contributed by atoms with E-state index >= 15 is 0 Å². The first-order chi connectivity index (χ1) is 11.0. The van der Waals surface area contributed by atoms with Crippen LogP contribution in [0.1, 0.15) is 44.8 Å². The van der Waals surface area contributed by atoms with Gasteiger partial charge in [0, 0.05) is 5.56 Å². The van der Waals surface area contributed by atoms with Gasteiger partial charge in [0.15, 0.2) is 5.78 Å². The lowest BCUT2D eigenvalue weighted by molar-refractivity contribution is 0.0943. The van der Waals surface area contributed by atoms with Crippen LogP contribution in [0, 0.1) is 0 Å². The van der Waals surface area contributed by atoms with E-state index in [1.54, 1.807) is 38.5 Å². The van der Waals surface area contributed by atoms with Crippen LogP contribution in [0.2, 0.25) is 0 Å². The van der Waals surface area contributed by atoms with Crippen molar-refractivity contribution in [2.75, 3.05) is 14.2 Å². The Morgan fingerprint density at radius 3 is 2.35 bits per heavy atom. The van der Waals surface area contributed by atoms with E-state index in [1.807, 2.05) is 13.0 Å². The third-order valence-corrected chi connectivity index (χ3v) is 4.61. The second kappa shape index (κ2) is 7.28. The number of nitrogens with one attached hydrogen (secondary N) is 1. The molecule has 1 heterocycles. The highest BCUT2D eigenvalue weighted by Crippen LogP contribution is 2.29. The number of hydrogen-bond donors (Lipinski definition) is 1. The molecule has 1 aromatic carbocycles. The van der Waals surface area contributed by atoms with Gasteiger partial charge in [-0.3, -0.25) is 9.59 Å². The maximum absolute atomic E-state index is 12.3. The van der Waals surface area contributed by atoms with Crippen molar-refractivity contribution in [3.8, 4) is 11.5 Å². The average molecular weight is 333 g/mol. The highest BCUT2D eigenvalue weighted by Gasteiger charge is 2.18. The molecule has 2 aromatic rings. The fraction of sp³-hybridized carbons (Fsp3) is 0.294. The average Bonchev–Trinajstić information content (AvgIpc) is 3.04. The van der Waals surface area contributed by atoms with Crippen LogP contribution in [0.3, 0.4) is 0 Å². The van der Waals surface area contributed by atoms with Crippen molar-refractivity contribution in [2.45, 2.75) is 19.9 Å². The highest BCUT2D eigenvalue weighted by molar-refractivity contribution is 7.15. The van der Waals surface area contributed by atoms with Crippen LogP contribution in [-0.4, -0.2) is 25.9 Å². The van der Waals surface area contributed by atoms with E-state index in [9.17, 15) is 9.59 Å². The molecule has 1 unspecified atom stereocenters. The number of rotatable bonds is 6. The van der Waals surface area contributed by atoms with Crippen LogP contribution in [0.5, 0.6) is 11.5 Å². The molecule has 0 aliphatic rings. The molecule has 1 aromatic heterocycles. The lowest BCUT2D eigenvalue weighted by atomic mass is 10.1. The zero-order valence-corrected chi connectivity index (χ0v) is 14.3. The van der Waals surface area contributed by atoms with E-state index in [0.717, 1.165) is 5.56 Å². The van der Waals surface area contributed by atoms with E-state index in [4.69, 9.17) is 9.47 Å². The Bertz CT molecular complexity index is 723. The Balaban J connectivity index is 2.18. The van der Waals surface area contributed by atoms with E-state index in [2.05, 4.69) is 5.32 Å². The molecule has 2 rings (SSSR count). The van der Waals surface area contributed by atoms with Gasteiger partial charge in [0.2, 0.25) is 0 Å². The molecule has 6 heteroatoms. The van der Waals surface area contributed by atoms with Gasteiger partial charge in [0.05, 0.1) is 30.0 Å². The summed E-state index contributed by atoms with van der Waals surface area (Å²) in [7, 11) is 3.17. The molecule has 0 aliphatic carbocycles. The second-order valence-electron chi connectivity index (χ2n) is 5.02. The fourth-order valence-electron chi connectivity index (χ4n) is 2.17. The minimum atomic E-state index is -0.268. The number of carbonyl (C=O) groups excluding carboxylic acids is 2. The minimum Gasteiger partial charge on any atom is -0.497 e. The molecule has 0 aliphatic heterocycles. The number of amides is 1. The summed E-state index contributed by atoms with van der Waals surface area (Å²) in [5.74, 6) is 1.10. The molecule has 0 radical (unpaired) electrons. The summed E-state index contributed by atoms with van der Waals surface area (Å²) in [6, 6.07) is 8.49. The standard InChI is InChI=1S/C17H19NO4S/c1-10(13-9-12(21-3)5-6-14(13)22-4)18-17(20)16-8-7-15(23-16)11(2)19/h5-10H,1-4H3,(H,18,20). The van der Waals surface area contributed by atoms with Gasteiger partial charge in [-0.1, -0.05) is 0 Å². The first kappa shape index (κ1) is 17.0. The number of Topliss-reactive ketones (excluding diaryl/α,β-unsaturated/α-hetero) is 1. The number of methoxy groups -OCH3 is 2. The lowest BCUT2D eigenvalue weighted by Crippen LogP contribution is -2.26. The molecule has 122 valence electrons. The van der Waals surface area contributed by atoms with Crippen molar-refractivity contribution in [1.82, 2.24) is 5.32 Å². The Morgan fingerprint density at radius 1 is 1.09 bits per heavy atom. The third kappa shape index (κ3) is 3.90. The molecular weight excluding hydrogens is 314 g/mol. The van der Waals surface area contributed by atoms with E-state index in [1.165, 1.54) is 18.3 Å². The summed E-state index contributed by atoms with van der Waals surface area (Å²) in [5, 5.41) is 2.92. The number of ketones is 1. The van der Waals surface area contributed by atoms with Crippen LogP contribution < -0.4 is 14.8 Å². The van der Waals surface area contributed by atoms with E-state index < -0.39 is 0 Å². The van der Waals surface area contributed by atoms with Crippen molar-refractivity contribution in [2.24, 2.45) is 0 Å². The highest BCUT2D eigenvalue weighted by atomic mass is 32.1. The molecule has 1 atom stereocenters. The van der Waals surface area contributed by atoms with Crippen molar-refractivity contribution in [1.29, 1.82) is 0 Å². The van der Waals surface area contributed by atoms with E-state index in [-0.39, 0.29) is 17.7 Å². The molecule has 1 N–H and O–H groups in total. The van der Waals surface area contributed by atoms with Gasteiger partial charge in [-0.2, -0.15) is 0 Å². The largest absolute Gasteiger partial charge is 0.497 e. The summed E-state index contributed by atoms with van der Waals surface area (Å²) >= 11 is 1.19. The quantitative estimate of drug-likeness (QED) is 0.822. The van der Waals surface area contributed by atoms with Crippen LogP contribution in [0.15, 0.2) is 30.3 Å². The Morgan fingerprint density at radius 2 is 1.78 bits per heavy atom. The zero-order chi connectivity index (χ0) is 17.0. The first-order valence-corrected chi connectivity index (χ1v) is 7.91. The van der Waals surface area contributed by atoms with Crippen LogP contribution in [0.4, 0.5) is 0 Å². The Kier molecular flexibility index (Phi) is 5.39. The second-order valence-corrected chi connectivity index (χ2v) is 6.11. The SMILES string of the molecule is COc1ccc(OC)c(C(C)NC(=O)c2ccc(C(C)=O)s2)c1. The summed E-state index contributed by atoms with van der Waals surface area (Å²) in [6.45, 7) is 3.35. The van der Waals surface area contributed by atoms with Crippen LogP contribution >= 0.6 is 11.3 Å². The maximum Gasteiger partial charge on any atom is 0.261 e. The van der Waals surface area contributed by atoms with E-state index in [0.29, 0.717) is 21.3 Å². The molecule has 5 nitrogen and oxygen atoms in total. The summed E-state index contributed by atoms with van der Waals surface area (Å²) in [5.41, 5.74) is 0.823. The number of ether oxygens (including phenoxy) is 2. The molecule has 1 amide bonds. The van der Waals surface area contributed by atoms with Gasteiger partial charge >= 0.3 is 0 Å². The molecule has 23 heavy (non-hydrogen) atoms. The van der Waals surface area contributed by atoms with Crippen LogP contribution in [-0.2, 0) is 0 Å². The van der Waals surface area contributed by atoms with Crippen LogP contribution in [0.25, 0.3) is 0 Å². The summed E-state index contributed by atoms with van der Waals surface area (Å²) in [6.07, 6.45) is 0. The Hall–Kier alpha value is -2.34. The van der Waals surface area contributed by atoms with Gasteiger partial charge in [-0.15, -0.1) is 11.3 Å². The number of benzene rings is 1. The predicted octanol–water partition coefficient (Wildman–Crippen LogP) is 3.46. The maximum atomic E-state index is 12.3. The number of hydrogen-bond acceptors (Lipinski definition) is 5. The van der Waals surface area contributed by atoms with Gasteiger partial charge in [0.1, 0.15) is 11.5 Å². The van der Waals surface area contributed by atoms with Crippen molar-refractivity contribution in [3.05, 3.63) is 45.6 Å². The molecule has 0 spiro atoms. The summed E-state index contributed by atoms with van der Waals surface area (Å²) in [4.78, 5) is 24.7. The van der Waals surface area contributed by atoms with Crippen molar-refractivity contribution in [3.63, 3.8) is 0 Å². The normalized spacial score (nSPS) is 11.7. The summed E-state index contributed by atoms with van der Waals surface area (Å²) < 4.78 is 10.6. The van der Waals surface area contributed by atoms with Crippen molar-refractivity contribution >= 4 is 23.0 Å². The molecule has 0 saturated carbocycles.